The van der Waals surface area contributed by atoms with E-state index in [9.17, 15) is 0 Å². The summed E-state index contributed by atoms with van der Waals surface area (Å²) >= 11 is 0. The first-order valence-corrected chi connectivity index (χ1v) is 9.09. The van der Waals surface area contributed by atoms with Crippen molar-refractivity contribution < 1.29 is 9.47 Å². The molecule has 2 aliphatic rings. The van der Waals surface area contributed by atoms with Crippen LogP contribution in [0.1, 0.15) is 24.2 Å². The Morgan fingerprint density at radius 3 is 3.12 bits per heavy atom. The van der Waals surface area contributed by atoms with Crippen molar-refractivity contribution >= 4 is 0 Å². The van der Waals surface area contributed by atoms with Gasteiger partial charge in [-0.05, 0) is 38.0 Å². The third-order valence-corrected chi connectivity index (χ3v) is 5.05. The number of hydrogen-bond acceptors (Lipinski definition) is 5. The van der Waals surface area contributed by atoms with Crippen LogP contribution in [0.15, 0.2) is 36.7 Å². The van der Waals surface area contributed by atoms with E-state index < -0.39 is 0 Å². The van der Waals surface area contributed by atoms with E-state index in [1.54, 1.807) is 0 Å². The van der Waals surface area contributed by atoms with Crippen molar-refractivity contribution in [2.75, 3.05) is 26.3 Å². The molecule has 2 aromatic rings. The van der Waals surface area contributed by atoms with Gasteiger partial charge in [0.25, 0.3) is 0 Å². The molecule has 134 valence electrons. The van der Waals surface area contributed by atoms with E-state index in [4.69, 9.17) is 9.47 Å². The first-order valence-electron chi connectivity index (χ1n) is 9.09. The van der Waals surface area contributed by atoms with Crippen LogP contribution in [0.3, 0.4) is 0 Å². The number of aromatic nitrogens is 3. The number of aryl methyl sites for hydroxylation is 1. The molecule has 0 radical (unpaired) electrons. The van der Waals surface area contributed by atoms with Gasteiger partial charge in [0, 0.05) is 37.7 Å². The Morgan fingerprint density at radius 1 is 1.32 bits per heavy atom. The lowest BCUT2D eigenvalue weighted by atomic mass is 10.00. The van der Waals surface area contributed by atoms with Crippen LogP contribution in [-0.4, -0.2) is 57.7 Å². The quantitative estimate of drug-likeness (QED) is 0.851. The summed E-state index contributed by atoms with van der Waals surface area (Å²) in [5.41, 5.74) is 1.98. The predicted octanol–water partition coefficient (Wildman–Crippen LogP) is 2.04. The summed E-state index contributed by atoms with van der Waals surface area (Å²) in [6.07, 6.45) is 6.11. The molecule has 0 amide bonds. The van der Waals surface area contributed by atoms with Gasteiger partial charge >= 0.3 is 0 Å². The highest BCUT2D eigenvalue weighted by molar-refractivity contribution is 5.10. The van der Waals surface area contributed by atoms with Crippen LogP contribution in [0.25, 0.3) is 0 Å². The summed E-state index contributed by atoms with van der Waals surface area (Å²) < 4.78 is 14.3. The van der Waals surface area contributed by atoms with E-state index >= 15 is 0 Å². The smallest absolute Gasteiger partial charge is 0.105 e. The zero-order valence-corrected chi connectivity index (χ0v) is 14.8. The first kappa shape index (κ1) is 16.7. The summed E-state index contributed by atoms with van der Waals surface area (Å²) in [6, 6.07) is 8.17. The van der Waals surface area contributed by atoms with Gasteiger partial charge in [-0.1, -0.05) is 6.07 Å². The fourth-order valence-electron chi connectivity index (χ4n) is 3.90. The van der Waals surface area contributed by atoms with Crippen LogP contribution in [0, 0.1) is 6.92 Å². The Kier molecular flexibility index (Phi) is 4.83. The summed E-state index contributed by atoms with van der Waals surface area (Å²) in [4.78, 5) is 7.06. The maximum atomic E-state index is 6.49. The Bertz CT molecular complexity index is 690. The molecule has 0 N–H and O–H groups in total. The standard InChI is InChI=1S/C19H26N4O2/c1-16-4-2-5-17(21-16)12-22-10-11-24-15-19(14-22)7-6-18(25-19)13-23-9-3-8-20-23/h2-5,8-9,18H,6-7,10-15H2,1H3/t18-,19+/m0/s1. The lowest BCUT2D eigenvalue weighted by Crippen LogP contribution is -2.44. The van der Waals surface area contributed by atoms with Crippen LogP contribution in [0.5, 0.6) is 0 Å². The molecule has 2 atom stereocenters. The van der Waals surface area contributed by atoms with E-state index in [-0.39, 0.29) is 11.7 Å². The van der Waals surface area contributed by atoms with E-state index in [1.165, 1.54) is 0 Å². The number of pyridine rings is 1. The fourth-order valence-corrected chi connectivity index (χ4v) is 3.90. The van der Waals surface area contributed by atoms with Gasteiger partial charge in [0.1, 0.15) is 5.60 Å². The summed E-state index contributed by atoms with van der Waals surface area (Å²) in [6.45, 7) is 6.95. The number of rotatable bonds is 4. The second-order valence-electron chi connectivity index (χ2n) is 7.22. The third-order valence-electron chi connectivity index (χ3n) is 5.05. The van der Waals surface area contributed by atoms with Crippen molar-refractivity contribution in [3.8, 4) is 0 Å². The number of hydrogen-bond donors (Lipinski definition) is 0. The average molecular weight is 342 g/mol. The summed E-state index contributed by atoms with van der Waals surface area (Å²) in [5.74, 6) is 0. The molecule has 0 unspecified atom stereocenters. The lowest BCUT2D eigenvalue weighted by Gasteiger charge is -2.31. The van der Waals surface area contributed by atoms with Crippen molar-refractivity contribution in [3.63, 3.8) is 0 Å². The monoisotopic (exact) mass is 342 g/mol. The molecule has 6 nitrogen and oxygen atoms in total. The van der Waals surface area contributed by atoms with Gasteiger partial charge in [-0.3, -0.25) is 14.6 Å². The molecule has 4 rings (SSSR count). The lowest BCUT2D eigenvalue weighted by molar-refractivity contribution is -0.0905. The maximum absolute atomic E-state index is 6.49. The molecule has 4 heterocycles. The molecule has 0 bridgehead atoms. The van der Waals surface area contributed by atoms with Gasteiger partial charge in [-0.25, -0.2) is 0 Å². The molecule has 2 aromatic heterocycles. The van der Waals surface area contributed by atoms with Crippen LogP contribution >= 0.6 is 0 Å². The van der Waals surface area contributed by atoms with Gasteiger partial charge < -0.3 is 9.47 Å². The van der Waals surface area contributed by atoms with E-state index in [2.05, 4.69) is 27.1 Å². The largest absolute Gasteiger partial charge is 0.377 e. The second kappa shape index (κ2) is 7.23. The van der Waals surface area contributed by atoms with Crippen molar-refractivity contribution in [2.24, 2.45) is 0 Å². The van der Waals surface area contributed by atoms with Crippen LogP contribution in [0.4, 0.5) is 0 Å². The van der Waals surface area contributed by atoms with Crippen molar-refractivity contribution in [1.29, 1.82) is 0 Å². The zero-order valence-electron chi connectivity index (χ0n) is 14.8. The van der Waals surface area contributed by atoms with Crippen LogP contribution in [-0.2, 0) is 22.6 Å². The second-order valence-corrected chi connectivity index (χ2v) is 7.22. The molecule has 0 aromatic carbocycles. The number of nitrogens with zero attached hydrogens (tertiary/aromatic N) is 4. The average Bonchev–Trinajstić information content (AvgIpc) is 3.18. The zero-order chi connectivity index (χ0) is 17.1. The normalized spacial score (nSPS) is 27.6. The topological polar surface area (TPSA) is 52.4 Å². The van der Waals surface area contributed by atoms with E-state index in [0.717, 1.165) is 57.0 Å². The molecular weight excluding hydrogens is 316 g/mol. The van der Waals surface area contributed by atoms with Gasteiger partial charge in [-0.2, -0.15) is 5.10 Å². The third kappa shape index (κ3) is 4.08. The Morgan fingerprint density at radius 2 is 2.28 bits per heavy atom. The molecule has 2 saturated heterocycles. The van der Waals surface area contributed by atoms with Crippen molar-refractivity contribution in [3.05, 3.63) is 48.0 Å². The minimum absolute atomic E-state index is 0.196. The van der Waals surface area contributed by atoms with Gasteiger partial charge in [0.2, 0.25) is 0 Å². The van der Waals surface area contributed by atoms with Crippen molar-refractivity contribution in [1.82, 2.24) is 19.7 Å². The molecule has 0 aliphatic carbocycles. The Balaban J connectivity index is 1.41. The van der Waals surface area contributed by atoms with Crippen molar-refractivity contribution in [2.45, 2.75) is 44.6 Å². The van der Waals surface area contributed by atoms with Gasteiger partial charge in [0.05, 0.1) is 31.6 Å². The number of ether oxygens (including phenoxy) is 2. The van der Waals surface area contributed by atoms with E-state index in [1.807, 2.05) is 36.1 Å². The highest BCUT2D eigenvalue weighted by Gasteiger charge is 2.43. The first-order chi connectivity index (χ1) is 12.2. The molecule has 6 heteroatoms. The predicted molar refractivity (Wildman–Crippen MR) is 94.1 cm³/mol. The maximum Gasteiger partial charge on any atom is 0.105 e. The summed E-state index contributed by atoms with van der Waals surface area (Å²) in [7, 11) is 0. The highest BCUT2D eigenvalue weighted by Crippen LogP contribution is 2.34. The molecule has 2 fully saturated rings. The summed E-state index contributed by atoms with van der Waals surface area (Å²) in [5, 5.41) is 4.30. The minimum Gasteiger partial charge on any atom is -0.377 e. The molecular formula is C19H26N4O2. The van der Waals surface area contributed by atoms with E-state index in [0.29, 0.717) is 6.61 Å². The Hall–Kier alpha value is -1.76. The molecule has 25 heavy (non-hydrogen) atoms. The Labute approximate surface area is 148 Å². The highest BCUT2D eigenvalue weighted by atomic mass is 16.6. The molecule has 2 aliphatic heterocycles. The SMILES string of the molecule is Cc1cccc(CN2CCOC[C@@]3(CC[C@@H](Cn4cccn4)O3)C2)n1. The molecule has 1 spiro atoms. The van der Waals surface area contributed by atoms with Crippen LogP contribution < -0.4 is 0 Å². The van der Waals surface area contributed by atoms with Gasteiger partial charge in [-0.15, -0.1) is 0 Å². The van der Waals surface area contributed by atoms with Gasteiger partial charge in [0.15, 0.2) is 0 Å². The minimum atomic E-state index is -0.196. The fraction of sp³-hybridized carbons (Fsp3) is 0.579. The molecule has 0 saturated carbocycles. The van der Waals surface area contributed by atoms with Crippen LogP contribution in [0.2, 0.25) is 0 Å².